The Bertz CT molecular complexity index is 2350. The first-order valence-electron chi connectivity index (χ1n) is 29.2. The van der Waals surface area contributed by atoms with Gasteiger partial charge in [0, 0.05) is 26.2 Å². The van der Waals surface area contributed by atoms with E-state index < -0.39 is 138 Å². The van der Waals surface area contributed by atoms with Crippen LogP contribution in [0.3, 0.4) is 0 Å². The van der Waals surface area contributed by atoms with E-state index >= 15 is 0 Å². The summed E-state index contributed by atoms with van der Waals surface area (Å²) in [6.45, 7) is 7.67. The highest BCUT2D eigenvalue weighted by Crippen LogP contribution is 2.14. The lowest BCUT2D eigenvalue weighted by Crippen LogP contribution is -2.61. The van der Waals surface area contributed by atoms with Crippen molar-refractivity contribution in [2.75, 3.05) is 51.3 Å². The summed E-state index contributed by atoms with van der Waals surface area (Å²) in [5.74, 6) is -10.6. The van der Waals surface area contributed by atoms with Crippen LogP contribution in [-0.4, -0.2) is 205 Å². The first-order valence-corrected chi connectivity index (χ1v) is 30.6. The van der Waals surface area contributed by atoms with Crippen LogP contribution in [0.1, 0.15) is 118 Å². The summed E-state index contributed by atoms with van der Waals surface area (Å²) in [6, 6.07) is -13.4. The topological polar surface area (TPSA) is 629 Å². The zero-order chi connectivity index (χ0) is 67.1. The Morgan fingerprint density at radius 1 is 0.432 bits per heavy atom. The van der Waals surface area contributed by atoms with Crippen molar-refractivity contribution in [2.45, 2.75) is 179 Å². The van der Waals surface area contributed by atoms with Gasteiger partial charge in [0.15, 0.2) is 23.8 Å². The number of hydrogen-bond acceptors (Lipinski definition) is 18. The highest BCUT2D eigenvalue weighted by atomic mass is 32.2. The number of carboxylic acids is 1. The van der Waals surface area contributed by atoms with Crippen LogP contribution in [0.5, 0.6) is 0 Å². The molecule has 9 amide bonds. The van der Waals surface area contributed by atoms with Gasteiger partial charge in [-0.25, -0.2) is 4.79 Å². The van der Waals surface area contributed by atoms with Crippen LogP contribution in [0, 0.1) is 11.8 Å². The van der Waals surface area contributed by atoms with E-state index in [1.165, 1.54) is 18.7 Å². The molecule has 35 nitrogen and oxygen atoms in total. The minimum absolute atomic E-state index is 0.00558. The number of guanidine groups is 4. The van der Waals surface area contributed by atoms with Crippen LogP contribution in [0.15, 0.2) is 20.0 Å². The van der Waals surface area contributed by atoms with Crippen molar-refractivity contribution in [1.82, 2.24) is 47.9 Å². The van der Waals surface area contributed by atoms with Crippen LogP contribution >= 0.6 is 11.8 Å². The molecule has 0 aliphatic heterocycles. The molecule has 31 N–H and O–H groups in total. The zero-order valence-electron chi connectivity index (χ0n) is 51.5. The van der Waals surface area contributed by atoms with Gasteiger partial charge in [-0.1, -0.05) is 34.1 Å². The zero-order valence-corrected chi connectivity index (χ0v) is 52.3. The molecule has 0 radical (unpaired) electrons. The van der Waals surface area contributed by atoms with Gasteiger partial charge in [-0.2, -0.15) is 11.8 Å². The Morgan fingerprint density at radius 2 is 0.761 bits per heavy atom. The molecule has 0 heterocycles. The second-order valence-electron chi connectivity index (χ2n) is 21.2. The molecule has 0 fully saturated rings. The number of aliphatic hydroxyl groups excluding tert-OH is 1. The van der Waals surface area contributed by atoms with E-state index in [4.69, 9.17) is 57.3 Å². The fraction of sp³-hybridized carbons (Fsp3) is 0.731. The van der Waals surface area contributed by atoms with Gasteiger partial charge in [-0.3, -0.25) is 63.1 Å². The van der Waals surface area contributed by atoms with Gasteiger partial charge in [0.2, 0.25) is 53.2 Å². The second-order valence-corrected chi connectivity index (χ2v) is 22.2. The number of carbonyl (C=O) groups excluding carboxylic acids is 9. The van der Waals surface area contributed by atoms with Gasteiger partial charge >= 0.3 is 5.97 Å². The van der Waals surface area contributed by atoms with E-state index in [9.17, 15) is 58.2 Å². The number of unbranched alkanes of at least 4 members (excludes halogenated alkanes) is 1. The number of hydrogen-bond donors (Lipinski definition) is 21. The monoisotopic (exact) mass is 1270 g/mol. The smallest absolute Gasteiger partial charge is 0.326 e. The maximum absolute atomic E-state index is 14.6. The number of aliphatic imine (C=N–C) groups is 4. The number of aliphatic carboxylic acids is 1. The Labute approximate surface area is 518 Å². The van der Waals surface area contributed by atoms with Crippen molar-refractivity contribution in [3.63, 3.8) is 0 Å². The van der Waals surface area contributed by atoms with Crippen molar-refractivity contribution in [2.24, 2.45) is 89.1 Å². The fourth-order valence-corrected chi connectivity index (χ4v) is 8.67. The lowest BCUT2D eigenvalue weighted by atomic mass is 9.96. The summed E-state index contributed by atoms with van der Waals surface area (Å²) in [5.41, 5.74) is 55.4. The summed E-state index contributed by atoms with van der Waals surface area (Å²) in [6.07, 6.45) is 3.27. The van der Waals surface area contributed by atoms with E-state index in [0.717, 1.165) is 0 Å². The molecule has 11 atom stereocenters. The van der Waals surface area contributed by atoms with Crippen LogP contribution in [0.4, 0.5) is 0 Å². The van der Waals surface area contributed by atoms with E-state index in [-0.39, 0.29) is 114 Å². The second kappa shape index (κ2) is 44.4. The van der Waals surface area contributed by atoms with Crippen molar-refractivity contribution >= 4 is 94.7 Å². The van der Waals surface area contributed by atoms with Gasteiger partial charge < -0.3 is 115 Å². The third kappa shape index (κ3) is 33.8. The summed E-state index contributed by atoms with van der Waals surface area (Å²) in [4.78, 5) is 153. The van der Waals surface area contributed by atoms with Crippen LogP contribution < -0.4 is 105 Å². The molecule has 0 aliphatic rings. The van der Waals surface area contributed by atoms with Crippen molar-refractivity contribution in [3.05, 3.63) is 0 Å². The van der Waals surface area contributed by atoms with Crippen LogP contribution in [0.25, 0.3) is 0 Å². The van der Waals surface area contributed by atoms with Gasteiger partial charge in [0.1, 0.15) is 60.4 Å². The molecule has 502 valence electrons. The molecule has 88 heavy (non-hydrogen) atoms. The SMILES string of the molecule is CC[C@H](C)[C@H](NC(=O)[C@@H](NC(=O)[C@H](CCCN=C(N)N)NC(=O)[C@H](CCCN=C(N)N)NC(=O)[C@H](CCCN=C(N)N)NC(=O)[C@H](CCSC)NC(=O)[C@H](CCCCN)NC(=O)[C@@H](N)CO)C(C)C)C(=O)N[C@@H](C)C(=O)N[C@@H](CCCN=C(N)N)C(=O)O. The third-order valence-corrected chi connectivity index (χ3v) is 14.1. The first kappa shape index (κ1) is 80.0. The molecule has 0 bridgehead atoms. The molecule has 0 rings (SSSR count). The number of thioether (sulfide) groups is 1. The van der Waals surface area contributed by atoms with Gasteiger partial charge in [-0.15, -0.1) is 0 Å². The number of nitrogens with zero attached hydrogens (tertiary/aromatic N) is 4. The quantitative estimate of drug-likeness (QED) is 0.0153. The standard InChI is InChI=1S/C52H101N23O12S/c1-7-28(4)38(47(85)67-29(5)39(77)73-36(48(86)87)18-13-24-66-52(61)62)75-46(84)37(27(2)3)74-45(83)34(17-12-23-65-51(59)60)71-43(81)32(15-10-21-63-49(55)56)69-42(80)33(16-11-22-64-50(57)58)70-44(82)35(19-25-88-6)72-41(79)31(14-8-9-20-53)68-40(78)30(54)26-76/h27-38,76H,7-26,53-54H2,1-6H3,(H,67,85)(H,68,78)(H,69,80)(H,70,82)(H,71,81)(H,72,79)(H,73,77)(H,74,83)(H,75,84)(H,86,87)(H4,55,56,63)(H4,57,58,64)(H4,59,60,65)(H4,61,62,66)/t28-,29-,30-,31-,32-,33-,34-,35-,36-,37-,38-/m0/s1. The molecule has 0 spiro atoms. The molecular weight excluding hydrogens is 1170 g/mol. The maximum Gasteiger partial charge on any atom is 0.326 e. The minimum atomic E-state index is -1.46. The van der Waals surface area contributed by atoms with Crippen LogP contribution in [-0.2, 0) is 47.9 Å². The predicted molar refractivity (Wildman–Crippen MR) is 336 cm³/mol. The average Bonchev–Trinajstić information content (AvgIpc) is 3.28. The van der Waals surface area contributed by atoms with E-state index in [0.29, 0.717) is 31.6 Å². The van der Waals surface area contributed by atoms with Gasteiger partial charge in [0.05, 0.1) is 6.61 Å². The number of carbonyl (C=O) groups is 10. The lowest BCUT2D eigenvalue weighted by molar-refractivity contribution is -0.142. The summed E-state index contributed by atoms with van der Waals surface area (Å²) >= 11 is 1.36. The maximum atomic E-state index is 14.6. The normalized spacial score (nSPS) is 14.7. The Kier molecular flexibility index (Phi) is 40.4. The molecular formula is C52H101N23O12S. The Hall–Kier alpha value is -7.99. The molecule has 0 aromatic rings. The van der Waals surface area contributed by atoms with Crippen molar-refractivity contribution in [1.29, 1.82) is 0 Å². The Morgan fingerprint density at radius 3 is 1.10 bits per heavy atom. The molecule has 36 heteroatoms. The molecule has 0 saturated heterocycles. The summed E-state index contributed by atoms with van der Waals surface area (Å²) in [5, 5.41) is 42.7. The molecule has 0 unspecified atom stereocenters. The van der Waals surface area contributed by atoms with Crippen molar-refractivity contribution < 1.29 is 58.2 Å². The molecule has 0 aromatic carbocycles. The number of aliphatic hydroxyl groups is 1. The number of amides is 9. The lowest BCUT2D eigenvalue weighted by Gasteiger charge is -2.30. The highest BCUT2D eigenvalue weighted by Gasteiger charge is 2.37. The number of carboxylic acid groups (broad SMARTS) is 1. The average molecular weight is 1270 g/mol. The highest BCUT2D eigenvalue weighted by molar-refractivity contribution is 7.98. The third-order valence-electron chi connectivity index (χ3n) is 13.4. The molecule has 0 saturated carbocycles. The summed E-state index contributed by atoms with van der Waals surface area (Å²) < 4.78 is 0. The van der Waals surface area contributed by atoms with Gasteiger partial charge in [-0.05, 0) is 114 Å². The van der Waals surface area contributed by atoms with Crippen molar-refractivity contribution in [3.8, 4) is 0 Å². The number of rotatable bonds is 46. The Balaban J connectivity index is 7.15. The van der Waals surface area contributed by atoms with E-state index in [1.807, 2.05) is 0 Å². The van der Waals surface area contributed by atoms with E-state index in [1.54, 1.807) is 34.0 Å². The minimum Gasteiger partial charge on any atom is -0.480 e. The summed E-state index contributed by atoms with van der Waals surface area (Å²) in [7, 11) is 0. The van der Waals surface area contributed by atoms with Gasteiger partial charge in [0.25, 0.3) is 0 Å². The fourth-order valence-electron chi connectivity index (χ4n) is 8.19. The molecule has 0 aromatic heterocycles. The number of nitrogens with one attached hydrogen (secondary N) is 9. The van der Waals surface area contributed by atoms with E-state index in [2.05, 4.69) is 67.8 Å². The van der Waals surface area contributed by atoms with Crippen LogP contribution in [0.2, 0.25) is 0 Å². The number of nitrogens with two attached hydrogens (primary N) is 10. The first-order chi connectivity index (χ1) is 41.4. The predicted octanol–water partition coefficient (Wildman–Crippen LogP) is -7.43. The largest absolute Gasteiger partial charge is 0.480 e. The molecule has 0 aliphatic carbocycles.